The Morgan fingerprint density at radius 3 is 2.41 bits per heavy atom. The van der Waals surface area contributed by atoms with Crippen LogP contribution in [0.4, 0.5) is 0 Å². The topological polar surface area (TPSA) is 17.8 Å². The van der Waals surface area contributed by atoms with Gasteiger partial charge in [-0.05, 0) is 25.5 Å². The van der Waals surface area contributed by atoms with Gasteiger partial charge in [-0.1, -0.05) is 66.5 Å². The van der Waals surface area contributed by atoms with Crippen molar-refractivity contribution in [3.8, 4) is 16.9 Å². The van der Waals surface area contributed by atoms with Gasteiger partial charge in [0.25, 0.3) is 0 Å². The second-order valence-electron chi connectivity index (χ2n) is 5.12. The maximum atomic E-state index is 6.40. The van der Waals surface area contributed by atoms with Crippen LogP contribution in [0.1, 0.15) is 18.2 Å². The summed E-state index contributed by atoms with van der Waals surface area (Å²) in [5.74, 6) is 0. The minimum absolute atomic E-state index is 0.520. The van der Waals surface area contributed by atoms with E-state index in [0.717, 1.165) is 29.1 Å². The van der Waals surface area contributed by atoms with Gasteiger partial charge in [-0.15, -0.1) is 0 Å². The summed E-state index contributed by atoms with van der Waals surface area (Å²) in [5.41, 5.74) is 5.23. The Balaban J connectivity index is 2.31. The lowest BCUT2D eigenvalue weighted by molar-refractivity contribution is 0.869. The average Bonchev–Trinajstić information content (AvgIpc) is 2.87. The normalized spacial score (nSPS) is 10.9. The zero-order chi connectivity index (χ0) is 15.7. The van der Waals surface area contributed by atoms with E-state index in [1.165, 1.54) is 5.56 Å². The first-order chi connectivity index (χ1) is 10.6. The minimum Gasteiger partial charge on any atom is -0.231 e. The zero-order valence-corrected chi connectivity index (χ0v) is 14.0. The van der Waals surface area contributed by atoms with Gasteiger partial charge in [0.1, 0.15) is 0 Å². The molecule has 0 bridgehead atoms. The zero-order valence-electron chi connectivity index (χ0n) is 12.5. The van der Waals surface area contributed by atoms with Crippen molar-refractivity contribution < 1.29 is 0 Å². The van der Waals surface area contributed by atoms with Crippen LogP contribution in [0.2, 0.25) is 10.0 Å². The first-order valence-electron chi connectivity index (χ1n) is 7.21. The third-order valence-corrected chi connectivity index (χ3v) is 4.55. The van der Waals surface area contributed by atoms with Crippen LogP contribution in [0, 0.1) is 6.92 Å². The molecule has 2 aromatic carbocycles. The first kappa shape index (κ1) is 15.1. The molecule has 112 valence electrons. The Labute approximate surface area is 140 Å². The predicted molar refractivity (Wildman–Crippen MR) is 93.1 cm³/mol. The van der Waals surface area contributed by atoms with Crippen LogP contribution in [0.25, 0.3) is 16.9 Å². The van der Waals surface area contributed by atoms with Crippen molar-refractivity contribution in [2.24, 2.45) is 0 Å². The van der Waals surface area contributed by atoms with Gasteiger partial charge in [-0.2, -0.15) is 5.10 Å². The van der Waals surface area contributed by atoms with Gasteiger partial charge >= 0.3 is 0 Å². The van der Waals surface area contributed by atoms with Crippen molar-refractivity contribution in [3.05, 3.63) is 69.8 Å². The summed E-state index contributed by atoms with van der Waals surface area (Å²) in [4.78, 5) is 0. The van der Waals surface area contributed by atoms with Gasteiger partial charge in [-0.25, -0.2) is 4.68 Å². The first-order valence-corrected chi connectivity index (χ1v) is 7.97. The van der Waals surface area contributed by atoms with E-state index in [1.54, 1.807) is 6.07 Å². The van der Waals surface area contributed by atoms with Crippen molar-refractivity contribution in [3.63, 3.8) is 0 Å². The summed E-state index contributed by atoms with van der Waals surface area (Å²) in [6.07, 6.45) is 0.911. The third-order valence-electron chi connectivity index (χ3n) is 3.74. The van der Waals surface area contributed by atoms with Crippen LogP contribution in [0.15, 0.2) is 48.5 Å². The second kappa shape index (κ2) is 6.15. The van der Waals surface area contributed by atoms with Crippen molar-refractivity contribution in [2.75, 3.05) is 0 Å². The van der Waals surface area contributed by atoms with Crippen LogP contribution < -0.4 is 0 Å². The molecule has 0 amide bonds. The third kappa shape index (κ3) is 2.53. The summed E-state index contributed by atoms with van der Waals surface area (Å²) in [6.45, 7) is 4.17. The van der Waals surface area contributed by atoms with E-state index in [-0.39, 0.29) is 0 Å². The van der Waals surface area contributed by atoms with Gasteiger partial charge in [0.15, 0.2) is 0 Å². The quantitative estimate of drug-likeness (QED) is 0.600. The molecule has 22 heavy (non-hydrogen) atoms. The molecule has 0 aliphatic rings. The molecule has 4 heteroatoms. The van der Waals surface area contributed by atoms with Gasteiger partial charge < -0.3 is 0 Å². The van der Waals surface area contributed by atoms with Gasteiger partial charge in [0, 0.05) is 11.1 Å². The summed E-state index contributed by atoms with van der Waals surface area (Å²) >= 11 is 12.6. The highest BCUT2D eigenvalue weighted by atomic mass is 35.5. The number of benzene rings is 2. The molecule has 0 aliphatic heterocycles. The van der Waals surface area contributed by atoms with Crippen molar-refractivity contribution in [1.82, 2.24) is 9.78 Å². The molecule has 1 heterocycles. The molecule has 0 atom stereocenters. The van der Waals surface area contributed by atoms with Gasteiger partial charge in [0.2, 0.25) is 0 Å². The highest BCUT2D eigenvalue weighted by molar-refractivity contribution is 6.43. The molecular weight excluding hydrogens is 315 g/mol. The van der Waals surface area contributed by atoms with Crippen molar-refractivity contribution in [2.45, 2.75) is 20.3 Å². The maximum absolute atomic E-state index is 6.40. The lowest BCUT2D eigenvalue weighted by Crippen LogP contribution is -2.01. The summed E-state index contributed by atoms with van der Waals surface area (Å²) in [7, 11) is 0. The lowest BCUT2D eigenvalue weighted by atomic mass is 10.0. The Morgan fingerprint density at radius 2 is 1.73 bits per heavy atom. The van der Waals surface area contributed by atoms with E-state index in [2.05, 4.69) is 19.1 Å². The predicted octanol–water partition coefficient (Wildman–Crippen LogP) is 5.72. The molecule has 0 aliphatic carbocycles. The monoisotopic (exact) mass is 330 g/mol. The number of hydrogen-bond acceptors (Lipinski definition) is 1. The fourth-order valence-corrected chi connectivity index (χ4v) is 3.08. The Morgan fingerprint density at radius 1 is 1.00 bits per heavy atom. The second-order valence-corrected chi connectivity index (χ2v) is 5.90. The average molecular weight is 331 g/mol. The molecule has 0 N–H and O–H groups in total. The molecule has 0 saturated carbocycles. The van der Waals surface area contributed by atoms with Crippen LogP contribution in [0.5, 0.6) is 0 Å². The van der Waals surface area contributed by atoms with E-state index in [0.29, 0.717) is 10.0 Å². The largest absolute Gasteiger partial charge is 0.231 e. The number of halogens is 2. The van der Waals surface area contributed by atoms with E-state index in [9.17, 15) is 0 Å². The van der Waals surface area contributed by atoms with E-state index in [1.807, 2.05) is 41.9 Å². The molecule has 3 rings (SSSR count). The van der Waals surface area contributed by atoms with Crippen molar-refractivity contribution >= 4 is 23.2 Å². The van der Waals surface area contributed by atoms with Crippen LogP contribution >= 0.6 is 23.2 Å². The van der Waals surface area contributed by atoms with E-state index in [4.69, 9.17) is 28.3 Å². The number of rotatable bonds is 3. The molecule has 0 fully saturated rings. The number of hydrogen-bond donors (Lipinski definition) is 0. The van der Waals surface area contributed by atoms with Gasteiger partial charge in [0.05, 0.1) is 27.1 Å². The maximum Gasteiger partial charge on any atom is 0.0854 e. The number of nitrogens with zero attached hydrogens (tertiary/aromatic N) is 2. The van der Waals surface area contributed by atoms with Crippen LogP contribution in [-0.4, -0.2) is 9.78 Å². The molecular formula is C18H16Cl2N2. The van der Waals surface area contributed by atoms with E-state index >= 15 is 0 Å². The van der Waals surface area contributed by atoms with Crippen LogP contribution in [0.3, 0.4) is 0 Å². The highest BCUT2D eigenvalue weighted by Crippen LogP contribution is 2.34. The molecule has 2 nitrogen and oxygen atoms in total. The molecule has 0 radical (unpaired) electrons. The lowest BCUT2D eigenvalue weighted by Gasteiger charge is -2.11. The minimum atomic E-state index is 0.520. The highest BCUT2D eigenvalue weighted by Gasteiger charge is 2.18. The Kier molecular flexibility index (Phi) is 4.23. The molecule has 0 saturated heterocycles. The molecule has 0 spiro atoms. The van der Waals surface area contributed by atoms with Crippen molar-refractivity contribution in [1.29, 1.82) is 0 Å². The fraction of sp³-hybridized carbons (Fsp3) is 0.167. The number of aryl methyl sites for hydroxylation is 1. The Hall–Kier alpha value is -1.77. The number of aromatic nitrogens is 2. The van der Waals surface area contributed by atoms with Crippen LogP contribution in [-0.2, 0) is 6.42 Å². The summed E-state index contributed by atoms with van der Waals surface area (Å²) < 4.78 is 1.90. The molecule has 0 unspecified atom stereocenters. The Bertz CT molecular complexity index is 807. The van der Waals surface area contributed by atoms with Gasteiger partial charge in [-0.3, -0.25) is 0 Å². The SMILES string of the molecule is CCc1c(C)nn(-c2cccc(Cl)c2Cl)c1-c1ccccc1. The molecule has 1 aromatic heterocycles. The fourth-order valence-electron chi connectivity index (χ4n) is 2.71. The smallest absolute Gasteiger partial charge is 0.0854 e. The molecule has 3 aromatic rings. The van der Waals surface area contributed by atoms with E-state index < -0.39 is 0 Å². The standard InChI is InChI=1S/C18H16Cl2N2/c1-3-14-12(2)21-22(16-11-7-10-15(19)17(16)20)18(14)13-8-5-4-6-9-13/h4-11H,3H2,1-2H3. The summed E-state index contributed by atoms with van der Waals surface area (Å²) in [5, 5.41) is 5.76. The summed E-state index contributed by atoms with van der Waals surface area (Å²) in [6, 6.07) is 15.9.